The van der Waals surface area contributed by atoms with Crippen molar-refractivity contribution in [1.29, 1.82) is 0 Å². The maximum Gasteiger partial charge on any atom is 0.400 e. The Kier molecular flexibility index (Phi) is 5.16. The molecule has 108 valence electrons. The second-order valence-corrected chi connectivity index (χ2v) is 4.02. The molecule has 0 aliphatic heterocycles. The number of halogens is 3. The van der Waals surface area contributed by atoms with Crippen molar-refractivity contribution < 1.29 is 18.4 Å². The molecule has 19 heavy (non-hydrogen) atoms. The smallest absolute Gasteiger partial charge is 0.400 e. The minimum Gasteiger partial charge on any atom is -0.409 e. The Hall–Kier alpha value is -1.77. The van der Waals surface area contributed by atoms with Crippen molar-refractivity contribution in [2.75, 3.05) is 13.1 Å². The van der Waals surface area contributed by atoms with E-state index >= 15 is 0 Å². The molecular weight excluding hydrogens is 263 g/mol. The first-order valence-corrected chi connectivity index (χ1v) is 5.58. The molecule has 1 aromatic rings. The monoisotopic (exact) mass is 279 g/mol. The lowest BCUT2D eigenvalue weighted by atomic mass is 10.1. The number of oxime groups is 1. The molecule has 0 aromatic carbocycles. The van der Waals surface area contributed by atoms with E-state index in [-0.39, 0.29) is 0 Å². The second kappa shape index (κ2) is 6.41. The molecule has 6 nitrogen and oxygen atoms in total. The summed E-state index contributed by atoms with van der Waals surface area (Å²) in [4.78, 5) is 0. The summed E-state index contributed by atoms with van der Waals surface area (Å²) in [5.41, 5.74) is 5.93. The van der Waals surface area contributed by atoms with Crippen LogP contribution in [-0.4, -0.2) is 40.1 Å². The van der Waals surface area contributed by atoms with Gasteiger partial charge in [0.15, 0.2) is 5.84 Å². The number of rotatable bonds is 6. The fourth-order valence-electron chi connectivity index (χ4n) is 1.57. The van der Waals surface area contributed by atoms with Crippen molar-refractivity contribution in [3.05, 3.63) is 18.0 Å². The molecule has 1 unspecified atom stereocenters. The summed E-state index contributed by atoms with van der Waals surface area (Å²) in [7, 11) is 1.75. The van der Waals surface area contributed by atoms with Crippen molar-refractivity contribution >= 4 is 5.84 Å². The van der Waals surface area contributed by atoms with Crippen LogP contribution in [0.4, 0.5) is 13.2 Å². The van der Waals surface area contributed by atoms with E-state index in [0.29, 0.717) is 13.0 Å². The van der Waals surface area contributed by atoms with Crippen LogP contribution in [-0.2, 0) is 13.5 Å². The van der Waals surface area contributed by atoms with Gasteiger partial charge in [0.1, 0.15) is 5.92 Å². The Morgan fingerprint density at radius 1 is 1.63 bits per heavy atom. The van der Waals surface area contributed by atoms with Crippen LogP contribution in [0.25, 0.3) is 0 Å². The molecular formula is C10H16F3N5O. The van der Waals surface area contributed by atoms with Crippen LogP contribution >= 0.6 is 0 Å². The van der Waals surface area contributed by atoms with Gasteiger partial charge in [-0.2, -0.15) is 18.3 Å². The van der Waals surface area contributed by atoms with Gasteiger partial charge in [0.2, 0.25) is 0 Å². The van der Waals surface area contributed by atoms with Crippen LogP contribution in [0.1, 0.15) is 5.69 Å². The van der Waals surface area contributed by atoms with Crippen LogP contribution in [0.3, 0.4) is 0 Å². The van der Waals surface area contributed by atoms with E-state index in [0.717, 1.165) is 5.69 Å². The number of nitrogens with zero attached hydrogens (tertiary/aromatic N) is 3. The number of alkyl halides is 3. The molecule has 0 bridgehead atoms. The lowest BCUT2D eigenvalue weighted by Crippen LogP contribution is -2.43. The molecule has 0 aliphatic carbocycles. The van der Waals surface area contributed by atoms with E-state index in [1.807, 2.05) is 0 Å². The van der Waals surface area contributed by atoms with E-state index in [4.69, 9.17) is 10.9 Å². The van der Waals surface area contributed by atoms with Gasteiger partial charge in [-0.05, 0) is 6.07 Å². The van der Waals surface area contributed by atoms with Crippen molar-refractivity contribution in [3.8, 4) is 0 Å². The maximum atomic E-state index is 12.6. The highest BCUT2D eigenvalue weighted by molar-refractivity contribution is 5.83. The number of amidine groups is 1. The zero-order valence-corrected chi connectivity index (χ0v) is 10.4. The average Bonchev–Trinajstić information content (AvgIpc) is 2.72. The Morgan fingerprint density at radius 3 is 2.79 bits per heavy atom. The van der Waals surface area contributed by atoms with Crippen molar-refractivity contribution in [2.24, 2.45) is 23.9 Å². The van der Waals surface area contributed by atoms with Gasteiger partial charge in [0.05, 0.1) is 0 Å². The van der Waals surface area contributed by atoms with Gasteiger partial charge in [-0.25, -0.2) is 0 Å². The molecule has 1 atom stereocenters. The number of nitrogens with two attached hydrogens (primary N) is 1. The molecule has 0 spiro atoms. The quantitative estimate of drug-likeness (QED) is 0.232. The van der Waals surface area contributed by atoms with Gasteiger partial charge in [0, 0.05) is 38.4 Å². The first-order chi connectivity index (χ1) is 8.86. The third-order valence-electron chi connectivity index (χ3n) is 2.70. The highest BCUT2D eigenvalue weighted by atomic mass is 19.4. The topological polar surface area (TPSA) is 88.5 Å². The second-order valence-electron chi connectivity index (χ2n) is 4.02. The minimum absolute atomic E-state index is 0.338. The predicted molar refractivity (Wildman–Crippen MR) is 62.7 cm³/mol. The largest absolute Gasteiger partial charge is 0.409 e. The molecule has 0 fully saturated rings. The highest BCUT2D eigenvalue weighted by Gasteiger charge is 2.42. The first kappa shape index (κ1) is 15.3. The number of nitrogens with one attached hydrogen (secondary N) is 1. The van der Waals surface area contributed by atoms with Gasteiger partial charge in [-0.3, -0.25) is 4.68 Å². The predicted octanol–water partition coefficient (Wildman–Crippen LogP) is 0.477. The van der Waals surface area contributed by atoms with E-state index in [9.17, 15) is 13.2 Å². The molecule has 0 radical (unpaired) electrons. The van der Waals surface area contributed by atoms with Gasteiger partial charge < -0.3 is 16.3 Å². The van der Waals surface area contributed by atoms with Gasteiger partial charge >= 0.3 is 6.18 Å². The lowest BCUT2D eigenvalue weighted by molar-refractivity contribution is -0.154. The molecule has 0 saturated heterocycles. The number of aromatic nitrogens is 2. The van der Waals surface area contributed by atoms with E-state index in [1.165, 1.54) is 0 Å². The lowest BCUT2D eigenvalue weighted by Gasteiger charge is -2.19. The summed E-state index contributed by atoms with van der Waals surface area (Å²) in [6, 6.07) is 1.78. The number of aryl methyl sites for hydroxylation is 1. The molecule has 1 heterocycles. The zero-order valence-electron chi connectivity index (χ0n) is 10.4. The zero-order chi connectivity index (χ0) is 14.5. The van der Waals surface area contributed by atoms with Crippen LogP contribution < -0.4 is 11.1 Å². The Balaban J connectivity index is 2.43. The number of hydrogen-bond donors (Lipinski definition) is 3. The third kappa shape index (κ3) is 4.43. The molecule has 1 aromatic heterocycles. The molecule has 0 amide bonds. The summed E-state index contributed by atoms with van der Waals surface area (Å²) in [6.45, 7) is -0.0952. The number of hydrogen-bond acceptors (Lipinski definition) is 4. The normalized spacial score (nSPS) is 14.6. The minimum atomic E-state index is -4.55. The first-order valence-electron chi connectivity index (χ1n) is 5.58. The Labute approximate surface area is 108 Å². The fraction of sp³-hybridized carbons (Fsp3) is 0.600. The van der Waals surface area contributed by atoms with Crippen molar-refractivity contribution in [1.82, 2.24) is 15.1 Å². The third-order valence-corrected chi connectivity index (χ3v) is 2.70. The van der Waals surface area contributed by atoms with E-state index in [2.05, 4.69) is 15.6 Å². The molecule has 0 saturated carbocycles. The average molecular weight is 279 g/mol. The maximum absolute atomic E-state index is 12.6. The fourth-order valence-corrected chi connectivity index (χ4v) is 1.57. The Morgan fingerprint density at radius 2 is 2.32 bits per heavy atom. The van der Waals surface area contributed by atoms with Crippen LogP contribution in [0.5, 0.6) is 0 Å². The Bertz CT molecular complexity index is 429. The van der Waals surface area contributed by atoms with Crippen LogP contribution in [0, 0.1) is 5.92 Å². The van der Waals surface area contributed by atoms with Gasteiger partial charge in [-0.15, -0.1) is 0 Å². The van der Waals surface area contributed by atoms with Crippen molar-refractivity contribution in [2.45, 2.75) is 12.6 Å². The summed E-state index contributed by atoms with van der Waals surface area (Å²) < 4.78 is 39.4. The SMILES string of the molecule is Cn1nccc1CCNCC(/C(N)=N/O)C(F)(F)F. The molecule has 0 aliphatic rings. The standard InChI is InChI=1S/C10H16F3N5O/c1-18-7(3-5-16-18)2-4-15-6-8(9(14)17-19)10(11,12)13/h3,5,8,15,19H,2,4,6H2,1H3,(H2,14,17). The summed E-state index contributed by atoms with van der Waals surface area (Å²) in [5.74, 6) is -2.84. The van der Waals surface area contributed by atoms with E-state index < -0.39 is 24.5 Å². The van der Waals surface area contributed by atoms with Gasteiger partial charge in [0.25, 0.3) is 0 Å². The molecule has 1 rings (SSSR count). The summed E-state index contributed by atoms with van der Waals surface area (Å²) >= 11 is 0. The highest BCUT2D eigenvalue weighted by Crippen LogP contribution is 2.25. The molecule has 4 N–H and O–H groups in total. The van der Waals surface area contributed by atoms with Crippen LogP contribution in [0.2, 0.25) is 0 Å². The van der Waals surface area contributed by atoms with Gasteiger partial charge in [-0.1, -0.05) is 5.16 Å². The summed E-state index contributed by atoms with van der Waals surface area (Å²) in [6.07, 6.45) is -2.39. The van der Waals surface area contributed by atoms with Crippen LogP contribution in [0.15, 0.2) is 17.4 Å². The summed E-state index contributed by atoms with van der Waals surface area (Å²) in [5, 5.41) is 17.3. The van der Waals surface area contributed by atoms with Crippen molar-refractivity contribution in [3.63, 3.8) is 0 Å². The van der Waals surface area contributed by atoms with E-state index in [1.54, 1.807) is 24.0 Å². The molecule has 9 heteroatoms.